The number of benzene rings is 1. The highest BCUT2D eigenvalue weighted by molar-refractivity contribution is 7.91. The maximum atomic E-state index is 12.4. The molecule has 0 bridgehead atoms. The normalized spacial score (nSPS) is 21.9. The van der Waals surface area contributed by atoms with Gasteiger partial charge in [-0.15, -0.1) is 0 Å². The summed E-state index contributed by atoms with van der Waals surface area (Å²) in [4.78, 5) is 12.4. The number of sulfone groups is 1. The van der Waals surface area contributed by atoms with Crippen LogP contribution in [0, 0.1) is 11.8 Å². The Bertz CT molecular complexity index is 679. The van der Waals surface area contributed by atoms with Crippen molar-refractivity contribution < 1.29 is 13.2 Å². The quantitative estimate of drug-likeness (QED) is 0.798. The van der Waals surface area contributed by atoms with E-state index in [-0.39, 0.29) is 35.3 Å². The highest BCUT2D eigenvalue weighted by Gasteiger charge is 2.30. The van der Waals surface area contributed by atoms with Crippen LogP contribution in [0.4, 0.5) is 0 Å². The van der Waals surface area contributed by atoms with Gasteiger partial charge in [-0.25, -0.2) is 8.42 Å². The van der Waals surface area contributed by atoms with Gasteiger partial charge in [0.2, 0.25) is 5.91 Å². The van der Waals surface area contributed by atoms with Crippen LogP contribution in [0.25, 0.3) is 0 Å². The molecule has 1 aliphatic heterocycles. The fourth-order valence-electron chi connectivity index (χ4n) is 3.43. The van der Waals surface area contributed by atoms with Gasteiger partial charge in [-0.1, -0.05) is 52.0 Å². The van der Waals surface area contributed by atoms with Crippen LogP contribution in [0.5, 0.6) is 0 Å². The molecule has 1 aliphatic rings. The third-order valence-electron chi connectivity index (χ3n) is 5.26. The molecule has 1 aromatic carbocycles. The van der Waals surface area contributed by atoms with Gasteiger partial charge in [0.15, 0.2) is 9.84 Å². The minimum atomic E-state index is -2.93. The standard InChI is InChI=1S/C20H31NO3S/c1-5-15(4)17-6-8-18(9-7-17)20(14(2)3)21-19(22)12-16-10-11-25(23,24)13-16/h6-9,14-16,20H,5,10-13H2,1-4H3,(H,21,22). The summed E-state index contributed by atoms with van der Waals surface area (Å²) in [5.41, 5.74) is 2.42. The van der Waals surface area contributed by atoms with Gasteiger partial charge in [0, 0.05) is 6.42 Å². The number of nitrogens with one attached hydrogen (secondary N) is 1. The molecule has 2 rings (SSSR count). The summed E-state index contributed by atoms with van der Waals surface area (Å²) in [7, 11) is -2.93. The minimum Gasteiger partial charge on any atom is -0.349 e. The Kier molecular flexibility index (Phi) is 6.66. The van der Waals surface area contributed by atoms with Crippen molar-refractivity contribution in [3.63, 3.8) is 0 Å². The van der Waals surface area contributed by atoms with E-state index < -0.39 is 9.84 Å². The van der Waals surface area contributed by atoms with E-state index in [4.69, 9.17) is 0 Å². The summed E-state index contributed by atoms with van der Waals surface area (Å²) in [6.45, 7) is 8.58. The first-order valence-electron chi connectivity index (χ1n) is 9.31. The van der Waals surface area contributed by atoms with Crippen LogP contribution in [0.2, 0.25) is 0 Å². The Morgan fingerprint density at radius 1 is 1.16 bits per heavy atom. The lowest BCUT2D eigenvalue weighted by Gasteiger charge is -2.24. The molecule has 3 atom stereocenters. The number of carbonyl (C=O) groups is 1. The summed E-state index contributed by atoms with van der Waals surface area (Å²) < 4.78 is 23.1. The molecule has 0 radical (unpaired) electrons. The SMILES string of the molecule is CCC(C)c1ccc(C(NC(=O)CC2CCS(=O)(=O)C2)C(C)C)cc1. The predicted molar refractivity (Wildman–Crippen MR) is 102 cm³/mol. The van der Waals surface area contributed by atoms with Crippen molar-refractivity contribution in [3.05, 3.63) is 35.4 Å². The van der Waals surface area contributed by atoms with Gasteiger partial charge in [0.1, 0.15) is 0 Å². The van der Waals surface area contributed by atoms with E-state index in [0.717, 1.165) is 12.0 Å². The zero-order chi connectivity index (χ0) is 18.6. The molecule has 5 heteroatoms. The average Bonchev–Trinajstić information content (AvgIpc) is 2.90. The molecule has 0 spiro atoms. The van der Waals surface area contributed by atoms with Crippen molar-refractivity contribution in [2.24, 2.45) is 11.8 Å². The number of amides is 1. The largest absolute Gasteiger partial charge is 0.349 e. The first-order chi connectivity index (χ1) is 11.7. The van der Waals surface area contributed by atoms with Gasteiger partial charge in [-0.3, -0.25) is 4.79 Å². The fraction of sp³-hybridized carbons (Fsp3) is 0.650. The Labute approximate surface area is 152 Å². The average molecular weight is 366 g/mol. The molecule has 1 saturated heterocycles. The third kappa shape index (κ3) is 5.56. The van der Waals surface area contributed by atoms with Crippen molar-refractivity contribution in [3.8, 4) is 0 Å². The number of hydrogen-bond donors (Lipinski definition) is 1. The van der Waals surface area contributed by atoms with Crippen LogP contribution >= 0.6 is 0 Å². The van der Waals surface area contributed by atoms with E-state index in [9.17, 15) is 13.2 Å². The summed E-state index contributed by atoms with van der Waals surface area (Å²) in [5.74, 6) is 1.08. The van der Waals surface area contributed by atoms with Crippen LogP contribution in [0.1, 0.15) is 70.0 Å². The van der Waals surface area contributed by atoms with E-state index in [0.29, 0.717) is 18.8 Å². The second-order valence-electron chi connectivity index (χ2n) is 7.74. The summed E-state index contributed by atoms with van der Waals surface area (Å²) >= 11 is 0. The molecular weight excluding hydrogens is 334 g/mol. The third-order valence-corrected chi connectivity index (χ3v) is 7.10. The van der Waals surface area contributed by atoms with Gasteiger partial charge in [-0.2, -0.15) is 0 Å². The van der Waals surface area contributed by atoms with Crippen LogP contribution in [0.15, 0.2) is 24.3 Å². The van der Waals surface area contributed by atoms with Crippen molar-refractivity contribution in [1.82, 2.24) is 5.32 Å². The summed E-state index contributed by atoms with van der Waals surface area (Å²) in [5, 5.41) is 3.12. The van der Waals surface area contributed by atoms with Crippen molar-refractivity contribution in [2.75, 3.05) is 11.5 Å². The van der Waals surface area contributed by atoms with Crippen LogP contribution in [-0.2, 0) is 14.6 Å². The molecule has 1 fully saturated rings. The monoisotopic (exact) mass is 365 g/mol. The molecule has 25 heavy (non-hydrogen) atoms. The van der Waals surface area contributed by atoms with Gasteiger partial charge in [0.25, 0.3) is 0 Å². The molecular formula is C20H31NO3S. The highest BCUT2D eigenvalue weighted by Crippen LogP contribution is 2.26. The minimum absolute atomic E-state index is 0.0365. The topological polar surface area (TPSA) is 63.2 Å². The number of hydrogen-bond acceptors (Lipinski definition) is 3. The summed E-state index contributed by atoms with van der Waals surface area (Å²) in [6.07, 6.45) is 2.01. The molecule has 1 N–H and O–H groups in total. The lowest BCUT2D eigenvalue weighted by molar-refractivity contribution is -0.122. The van der Waals surface area contributed by atoms with Crippen molar-refractivity contribution in [1.29, 1.82) is 0 Å². The maximum Gasteiger partial charge on any atom is 0.220 e. The van der Waals surface area contributed by atoms with E-state index >= 15 is 0 Å². The van der Waals surface area contributed by atoms with E-state index in [1.807, 2.05) is 0 Å². The van der Waals surface area contributed by atoms with Gasteiger partial charge < -0.3 is 5.32 Å². The molecule has 3 unspecified atom stereocenters. The highest BCUT2D eigenvalue weighted by atomic mass is 32.2. The molecule has 1 amide bonds. The zero-order valence-electron chi connectivity index (χ0n) is 15.8. The first-order valence-corrected chi connectivity index (χ1v) is 11.1. The van der Waals surface area contributed by atoms with E-state index in [2.05, 4.69) is 57.3 Å². The number of rotatable bonds is 7. The van der Waals surface area contributed by atoms with Gasteiger partial charge >= 0.3 is 0 Å². The molecule has 4 nitrogen and oxygen atoms in total. The number of carbonyl (C=O) groups excluding carboxylic acids is 1. The zero-order valence-corrected chi connectivity index (χ0v) is 16.6. The second kappa shape index (κ2) is 8.35. The predicted octanol–water partition coefficient (Wildman–Crippen LogP) is 3.84. The molecule has 0 aromatic heterocycles. The van der Waals surface area contributed by atoms with E-state index in [1.165, 1.54) is 5.56 Å². The Balaban J connectivity index is 2.02. The molecule has 140 valence electrons. The Hall–Kier alpha value is -1.36. The second-order valence-corrected chi connectivity index (χ2v) is 9.97. The Morgan fingerprint density at radius 2 is 1.76 bits per heavy atom. The van der Waals surface area contributed by atoms with Crippen molar-refractivity contribution >= 4 is 15.7 Å². The Morgan fingerprint density at radius 3 is 2.24 bits per heavy atom. The van der Waals surface area contributed by atoms with Crippen LogP contribution < -0.4 is 5.32 Å². The summed E-state index contributed by atoms with van der Waals surface area (Å²) in [6, 6.07) is 8.46. The van der Waals surface area contributed by atoms with Gasteiger partial charge in [0.05, 0.1) is 17.5 Å². The molecule has 0 saturated carbocycles. The molecule has 1 aromatic rings. The smallest absolute Gasteiger partial charge is 0.220 e. The molecule has 0 aliphatic carbocycles. The lowest BCUT2D eigenvalue weighted by Crippen LogP contribution is -2.33. The van der Waals surface area contributed by atoms with Crippen molar-refractivity contribution in [2.45, 2.75) is 58.9 Å². The van der Waals surface area contributed by atoms with Crippen LogP contribution in [0.3, 0.4) is 0 Å². The van der Waals surface area contributed by atoms with Crippen LogP contribution in [-0.4, -0.2) is 25.8 Å². The van der Waals surface area contributed by atoms with E-state index in [1.54, 1.807) is 0 Å². The maximum absolute atomic E-state index is 12.4. The molecule has 1 heterocycles. The lowest BCUT2D eigenvalue weighted by atomic mass is 9.92. The fourth-order valence-corrected chi connectivity index (χ4v) is 5.29. The van der Waals surface area contributed by atoms with Gasteiger partial charge in [-0.05, 0) is 41.7 Å². The first kappa shape index (κ1) is 20.0.